The lowest BCUT2D eigenvalue weighted by Crippen LogP contribution is -2.24. The van der Waals surface area contributed by atoms with Gasteiger partial charge in [0.15, 0.2) is 21.3 Å². The summed E-state index contributed by atoms with van der Waals surface area (Å²) in [4.78, 5) is 14.9. The smallest absolute Gasteiger partial charge is 0.249 e. The number of sulfone groups is 1. The minimum Gasteiger partial charge on any atom is -0.249 e. The molecule has 0 fully saturated rings. The molecule has 0 aliphatic heterocycles. The molecule has 0 radical (unpaired) electrons. The molecule has 0 aliphatic carbocycles. The summed E-state index contributed by atoms with van der Waals surface area (Å²) in [5.41, 5.74) is -7.23. The number of fused-ring (bicyclic) bond motifs is 1. The van der Waals surface area contributed by atoms with Crippen LogP contribution in [0.3, 0.4) is 0 Å². The van der Waals surface area contributed by atoms with Gasteiger partial charge in [0.1, 0.15) is 4.90 Å². The van der Waals surface area contributed by atoms with Crippen LogP contribution in [0.1, 0.15) is 12.5 Å². The van der Waals surface area contributed by atoms with E-state index < -0.39 is 61.0 Å². The molecule has 0 aliphatic rings. The monoisotopic (exact) mass is 472 g/mol. The number of hydrogen-bond acceptors (Lipinski definition) is 6. The van der Waals surface area contributed by atoms with Gasteiger partial charge in [0.05, 0.1) is 11.3 Å². The topological polar surface area (TPSA) is 86.3 Å². The van der Waals surface area contributed by atoms with Crippen molar-refractivity contribution in [1.82, 2.24) is 19.2 Å². The van der Waals surface area contributed by atoms with Crippen LogP contribution >= 0.6 is 11.8 Å². The van der Waals surface area contributed by atoms with E-state index in [1.54, 1.807) is 0 Å². The van der Waals surface area contributed by atoms with E-state index in [0.717, 1.165) is 18.3 Å². The maximum absolute atomic E-state index is 13.0. The van der Waals surface area contributed by atoms with Crippen LogP contribution in [0.5, 0.6) is 0 Å². The highest BCUT2D eigenvalue weighted by atomic mass is 32.2. The molecule has 0 amide bonds. The van der Waals surface area contributed by atoms with Crippen LogP contribution in [-0.2, 0) is 16.0 Å². The molecular formula is C15H10F6N4O3S2. The number of aromatic nitrogens is 4. The standard InChI is InChI=1S/C15H10F6N4O3S2/c1-2-30(27,28)10-5-8(14(16,17)18)6-22-12(10)25-13(26)24-7-9(29-15(19,20)21)3-4-11(24)23-25/h3-7H,2H2,1H3. The number of rotatable bonds is 4. The molecule has 0 saturated carbocycles. The van der Waals surface area contributed by atoms with Gasteiger partial charge in [-0.1, -0.05) is 6.92 Å². The third kappa shape index (κ3) is 4.30. The molecule has 0 N–H and O–H groups in total. The summed E-state index contributed by atoms with van der Waals surface area (Å²) >= 11 is -0.488. The second kappa shape index (κ2) is 7.30. The van der Waals surface area contributed by atoms with Crippen LogP contribution in [0, 0.1) is 0 Å². The second-order valence-corrected chi connectivity index (χ2v) is 9.17. The Labute approximate surface area is 168 Å². The number of pyridine rings is 2. The normalized spacial score (nSPS) is 13.2. The zero-order valence-electron chi connectivity index (χ0n) is 14.7. The van der Waals surface area contributed by atoms with Crippen molar-refractivity contribution in [3.8, 4) is 5.82 Å². The molecule has 3 rings (SSSR count). The zero-order valence-corrected chi connectivity index (χ0v) is 16.3. The maximum atomic E-state index is 13.0. The summed E-state index contributed by atoms with van der Waals surface area (Å²) in [5.74, 6) is -1.28. The van der Waals surface area contributed by atoms with Gasteiger partial charge in [-0.25, -0.2) is 22.6 Å². The van der Waals surface area contributed by atoms with E-state index in [9.17, 15) is 39.6 Å². The van der Waals surface area contributed by atoms with Crippen molar-refractivity contribution in [1.29, 1.82) is 0 Å². The van der Waals surface area contributed by atoms with Gasteiger partial charge in [-0.3, -0.25) is 0 Å². The maximum Gasteiger partial charge on any atom is 0.446 e. The summed E-state index contributed by atoms with van der Waals surface area (Å²) in [6.45, 7) is 1.19. The highest BCUT2D eigenvalue weighted by Gasteiger charge is 2.34. The summed E-state index contributed by atoms with van der Waals surface area (Å²) in [6, 6.07) is 2.45. The highest BCUT2D eigenvalue weighted by Crippen LogP contribution is 2.36. The number of thioether (sulfide) groups is 1. The fourth-order valence-electron chi connectivity index (χ4n) is 2.42. The van der Waals surface area contributed by atoms with E-state index in [1.807, 2.05) is 0 Å². The molecule has 15 heteroatoms. The van der Waals surface area contributed by atoms with Crippen molar-refractivity contribution >= 4 is 27.2 Å². The van der Waals surface area contributed by atoms with Gasteiger partial charge in [0.2, 0.25) is 0 Å². The third-order valence-corrected chi connectivity index (χ3v) is 6.24. The van der Waals surface area contributed by atoms with Crippen LogP contribution < -0.4 is 5.69 Å². The predicted molar refractivity (Wildman–Crippen MR) is 93.2 cm³/mol. The van der Waals surface area contributed by atoms with E-state index in [1.165, 1.54) is 6.92 Å². The Bertz CT molecular complexity index is 1280. The van der Waals surface area contributed by atoms with E-state index in [2.05, 4.69) is 10.1 Å². The second-order valence-electron chi connectivity index (χ2n) is 5.78. The van der Waals surface area contributed by atoms with Crippen LogP contribution in [0.15, 0.2) is 45.2 Å². The lowest BCUT2D eigenvalue weighted by molar-refractivity contribution is -0.138. The van der Waals surface area contributed by atoms with Crippen molar-refractivity contribution in [3.05, 3.63) is 46.6 Å². The van der Waals surface area contributed by atoms with Crippen molar-refractivity contribution in [3.63, 3.8) is 0 Å². The fourth-order valence-corrected chi connectivity index (χ4v) is 4.02. The van der Waals surface area contributed by atoms with Gasteiger partial charge in [-0.15, -0.1) is 5.10 Å². The molecule has 0 bridgehead atoms. The van der Waals surface area contributed by atoms with E-state index in [0.29, 0.717) is 21.3 Å². The first kappa shape index (κ1) is 22.1. The molecule has 3 aromatic rings. The van der Waals surface area contributed by atoms with Crippen molar-refractivity contribution < 1.29 is 34.8 Å². The van der Waals surface area contributed by atoms with Gasteiger partial charge in [-0.05, 0) is 30.0 Å². The minimum absolute atomic E-state index is 0.159. The molecule has 7 nitrogen and oxygen atoms in total. The van der Waals surface area contributed by atoms with Gasteiger partial charge >= 0.3 is 17.4 Å². The summed E-state index contributed by atoms with van der Waals surface area (Å²) in [6.07, 6.45) is -3.72. The molecule has 3 aromatic heterocycles. The van der Waals surface area contributed by atoms with E-state index in [4.69, 9.17) is 0 Å². The number of nitrogens with zero attached hydrogens (tertiary/aromatic N) is 4. The first-order valence-corrected chi connectivity index (χ1v) is 10.4. The predicted octanol–water partition coefficient (Wildman–Crippen LogP) is 3.30. The Morgan fingerprint density at radius 1 is 1.13 bits per heavy atom. The average Bonchev–Trinajstić information content (AvgIpc) is 2.95. The quantitative estimate of drug-likeness (QED) is 0.428. The first-order valence-electron chi connectivity index (χ1n) is 7.90. The van der Waals surface area contributed by atoms with Crippen LogP contribution in [0.25, 0.3) is 11.5 Å². The number of halogens is 6. The summed E-state index contributed by atoms with van der Waals surface area (Å²) in [7, 11) is -4.27. The Morgan fingerprint density at radius 3 is 2.37 bits per heavy atom. The van der Waals surface area contributed by atoms with Crippen LogP contribution in [0.4, 0.5) is 26.3 Å². The van der Waals surface area contributed by atoms with Gasteiger partial charge in [-0.2, -0.15) is 31.0 Å². The van der Waals surface area contributed by atoms with Crippen LogP contribution in [-0.4, -0.2) is 38.8 Å². The molecule has 0 aromatic carbocycles. The van der Waals surface area contributed by atoms with Gasteiger partial charge in [0.25, 0.3) is 0 Å². The Kier molecular flexibility index (Phi) is 5.39. The average molecular weight is 472 g/mol. The zero-order chi connectivity index (χ0) is 22.5. The summed E-state index contributed by atoms with van der Waals surface area (Å²) < 4.78 is 102. The highest BCUT2D eigenvalue weighted by molar-refractivity contribution is 8.00. The van der Waals surface area contributed by atoms with E-state index in [-0.39, 0.29) is 10.5 Å². The first-order chi connectivity index (χ1) is 13.7. The third-order valence-electron chi connectivity index (χ3n) is 3.80. The summed E-state index contributed by atoms with van der Waals surface area (Å²) in [5, 5.41) is 3.79. The SMILES string of the molecule is CCS(=O)(=O)c1cc(C(F)(F)F)cnc1-n1nc2ccc(SC(F)(F)F)cn2c1=O. The molecule has 0 saturated heterocycles. The molecule has 0 unspecified atom stereocenters. The Morgan fingerprint density at radius 2 is 1.80 bits per heavy atom. The molecule has 30 heavy (non-hydrogen) atoms. The van der Waals surface area contributed by atoms with Gasteiger partial charge < -0.3 is 0 Å². The van der Waals surface area contributed by atoms with Crippen molar-refractivity contribution in [2.75, 3.05) is 5.75 Å². The lowest BCUT2D eigenvalue weighted by atomic mass is 10.3. The molecule has 0 atom stereocenters. The minimum atomic E-state index is -4.89. The van der Waals surface area contributed by atoms with Crippen molar-refractivity contribution in [2.24, 2.45) is 0 Å². The molecule has 162 valence electrons. The molecule has 0 spiro atoms. The molecular weight excluding hydrogens is 462 g/mol. The van der Waals surface area contributed by atoms with Crippen molar-refractivity contribution in [2.45, 2.75) is 28.4 Å². The number of hydrogen-bond donors (Lipinski definition) is 0. The van der Waals surface area contributed by atoms with E-state index >= 15 is 0 Å². The van der Waals surface area contributed by atoms with Crippen LogP contribution in [0.2, 0.25) is 0 Å². The number of alkyl halides is 6. The Balaban J connectivity index is 2.25. The van der Waals surface area contributed by atoms with Gasteiger partial charge in [0, 0.05) is 17.3 Å². The lowest BCUT2D eigenvalue weighted by Gasteiger charge is -2.11. The largest absolute Gasteiger partial charge is 0.446 e. The Hall–Kier alpha value is -2.55. The molecule has 3 heterocycles. The fraction of sp³-hybridized carbons (Fsp3) is 0.267.